The highest BCUT2D eigenvalue weighted by Crippen LogP contribution is 2.60. The molecule has 158 valence electrons. The number of hydrogen-bond donors (Lipinski definition) is 0. The lowest BCUT2D eigenvalue weighted by Crippen LogP contribution is -2.49. The maximum absolute atomic E-state index is 12.8. The van der Waals surface area contributed by atoms with Crippen molar-refractivity contribution in [3.05, 3.63) is 71.8 Å². The second-order valence-corrected chi connectivity index (χ2v) is 8.70. The Morgan fingerprint density at radius 1 is 1.17 bits per heavy atom. The number of esters is 1. The van der Waals surface area contributed by atoms with Crippen LogP contribution in [0.15, 0.2) is 55.1 Å². The number of carbonyl (C=O) groups is 1. The predicted octanol–water partition coefficient (Wildman–Crippen LogP) is 5.23. The number of hydrogen-bond acceptors (Lipinski definition) is 4. The first-order valence-electron chi connectivity index (χ1n) is 10.6. The van der Waals surface area contributed by atoms with Crippen molar-refractivity contribution in [2.24, 2.45) is 11.3 Å². The first-order chi connectivity index (χ1) is 14.5. The minimum Gasteiger partial charge on any atom is -0.493 e. The van der Waals surface area contributed by atoms with Gasteiger partial charge in [-0.3, -0.25) is 4.79 Å². The maximum Gasteiger partial charge on any atom is 0.311 e. The van der Waals surface area contributed by atoms with Crippen LogP contribution in [0.3, 0.4) is 0 Å². The summed E-state index contributed by atoms with van der Waals surface area (Å²) in [6, 6.07) is 14.3. The molecule has 1 fully saturated rings. The molecule has 0 bridgehead atoms. The van der Waals surface area contributed by atoms with E-state index in [1.807, 2.05) is 30.3 Å². The molecular formula is C26H30O4. The maximum atomic E-state index is 12.8. The van der Waals surface area contributed by atoms with Gasteiger partial charge in [0, 0.05) is 5.41 Å². The topological polar surface area (TPSA) is 44.8 Å². The van der Waals surface area contributed by atoms with E-state index in [4.69, 9.17) is 14.2 Å². The third kappa shape index (κ3) is 3.10. The molecule has 0 N–H and O–H groups in total. The highest BCUT2D eigenvalue weighted by Gasteiger charge is 2.58. The van der Waals surface area contributed by atoms with Crippen LogP contribution in [0.2, 0.25) is 0 Å². The molecule has 3 atom stereocenters. The Hall–Kier alpha value is -2.75. The van der Waals surface area contributed by atoms with Crippen molar-refractivity contribution in [1.82, 2.24) is 0 Å². The largest absolute Gasteiger partial charge is 0.493 e. The summed E-state index contributed by atoms with van der Waals surface area (Å²) in [6.07, 6.45) is 5.63. The van der Waals surface area contributed by atoms with E-state index in [2.05, 4.69) is 31.7 Å². The fraction of sp³-hybridized carbons (Fsp3) is 0.423. The molecule has 0 saturated heterocycles. The molecule has 0 spiro atoms. The molecule has 4 nitrogen and oxygen atoms in total. The number of carbonyl (C=O) groups excluding carboxylic acids is 1. The van der Waals surface area contributed by atoms with Gasteiger partial charge in [0.25, 0.3) is 0 Å². The van der Waals surface area contributed by atoms with Crippen LogP contribution >= 0.6 is 0 Å². The second kappa shape index (κ2) is 7.82. The van der Waals surface area contributed by atoms with Crippen LogP contribution < -0.4 is 9.47 Å². The Balaban J connectivity index is 1.74. The average molecular weight is 407 g/mol. The van der Waals surface area contributed by atoms with Crippen molar-refractivity contribution in [1.29, 1.82) is 0 Å². The standard InChI is InChI=1S/C26H30O4/c1-5-26-13-9-12-25(2,24(27)29-4)23(26)15-19-14-21(28-3)22(16-20(19)26)30-17-18-10-7-6-8-11-18/h5-8,10-11,14,16,23H,1,9,12-13,15,17H2,2-4H3/t23-,25-,26-/m1/s1. The van der Waals surface area contributed by atoms with Crippen LogP contribution in [-0.4, -0.2) is 20.2 Å². The van der Waals surface area contributed by atoms with Gasteiger partial charge in [-0.25, -0.2) is 0 Å². The summed E-state index contributed by atoms with van der Waals surface area (Å²) < 4.78 is 17.1. The van der Waals surface area contributed by atoms with Crippen LogP contribution in [0.25, 0.3) is 0 Å². The average Bonchev–Trinajstić information content (AvgIpc) is 3.12. The van der Waals surface area contributed by atoms with Crippen molar-refractivity contribution < 1.29 is 19.0 Å². The molecule has 0 aromatic heterocycles. The zero-order valence-electron chi connectivity index (χ0n) is 18.1. The molecule has 4 rings (SSSR count). The zero-order chi connectivity index (χ0) is 21.4. The van der Waals surface area contributed by atoms with E-state index in [-0.39, 0.29) is 17.3 Å². The van der Waals surface area contributed by atoms with E-state index < -0.39 is 5.41 Å². The molecule has 0 unspecified atom stereocenters. The minimum atomic E-state index is -0.529. The van der Waals surface area contributed by atoms with Crippen molar-refractivity contribution in [2.45, 2.75) is 44.6 Å². The zero-order valence-corrected chi connectivity index (χ0v) is 18.1. The first kappa shape index (κ1) is 20.5. The second-order valence-electron chi connectivity index (χ2n) is 8.70. The number of benzene rings is 2. The fourth-order valence-corrected chi connectivity index (χ4v) is 5.66. The van der Waals surface area contributed by atoms with Crippen LogP contribution in [-0.2, 0) is 28.0 Å². The van der Waals surface area contributed by atoms with Gasteiger partial charge in [0.15, 0.2) is 11.5 Å². The van der Waals surface area contributed by atoms with E-state index >= 15 is 0 Å². The van der Waals surface area contributed by atoms with Crippen molar-refractivity contribution in [2.75, 3.05) is 14.2 Å². The van der Waals surface area contributed by atoms with Gasteiger partial charge in [-0.05, 0) is 60.9 Å². The van der Waals surface area contributed by atoms with Crippen LogP contribution in [0.4, 0.5) is 0 Å². The van der Waals surface area contributed by atoms with Crippen molar-refractivity contribution in [3.8, 4) is 11.5 Å². The molecule has 0 aliphatic heterocycles. The first-order valence-corrected chi connectivity index (χ1v) is 10.6. The minimum absolute atomic E-state index is 0.118. The molecule has 2 aliphatic carbocycles. The summed E-state index contributed by atoms with van der Waals surface area (Å²) in [7, 11) is 3.15. The highest BCUT2D eigenvalue weighted by atomic mass is 16.5. The fourth-order valence-electron chi connectivity index (χ4n) is 5.66. The molecule has 4 heteroatoms. The third-order valence-corrected chi connectivity index (χ3v) is 7.25. The van der Waals surface area contributed by atoms with Gasteiger partial charge in [-0.1, -0.05) is 42.8 Å². The van der Waals surface area contributed by atoms with E-state index in [1.165, 1.54) is 18.2 Å². The smallest absolute Gasteiger partial charge is 0.311 e. The Bertz CT molecular complexity index is 951. The molecule has 2 aromatic rings. The molecule has 0 radical (unpaired) electrons. The number of rotatable bonds is 6. The van der Waals surface area contributed by atoms with Gasteiger partial charge in [0.1, 0.15) is 6.61 Å². The van der Waals surface area contributed by atoms with Crippen molar-refractivity contribution >= 4 is 5.97 Å². The van der Waals surface area contributed by atoms with E-state index in [9.17, 15) is 4.79 Å². The number of ether oxygens (including phenoxy) is 3. The van der Waals surface area contributed by atoms with E-state index in [0.29, 0.717) is 6.61 Å². The molecule has 0 amide bonds. The summed E-state index contributed by atoms with van der Waals surface area (Å²) in [6.45, 7) is 6.73. The summed E-state index contributed by atoms with van der Waals surface area (Å²) >= 11 is 0. The normalized spacial score (nSPS) is 27.0. The lowest BCUT2D eigenvalue weighted by molar-refractivity contribution is -0.159. The lowest BCUT2D eigenvalue weighted by Gasteiger charge is -2.47. The van der Waals surface area contributed by atoms with Gasteiger partial charge in [-0.15, -0.1) is 6.58 Å². The molecule has 1 saturated carbocycles. The molecular weight excluding hydrogens is 376 g/mol. The number of fused-ring (bicyclic) bond motifs is 3. The monoisotopic (exact) mass is 406 g/mol. The summed E-state index contributed by atoms with van der Waals surface area (Å²) in [4.78, 5) is 12.8. The molecule has 2 aromatic carbocycles. The highest BCUT2D eigenvalue weighted by molar-refractivity contribution is 5.78. The molecule has 2 aliphatic rings. The van der Waals surface area contributed by atoms with Gasteiger partial charge in [0.2, 0.25) is 0 Å². The number of allylic oxidation sites excluding steroid dienone is 1. The van der Waals surface area contributed by atoms with E-state index in [0.717, 1.165) is 42.7 Å². The predicted molar refractivity (Wildman–Crippen MR) is 117 cm³/mol. The number of methoxy groups -OCH3 is 2. The Kier molecular flexibility index (Phi) is 5.35. The Morgan fingerprint density at radius 2 is 1.93 bits per heavy atom. The Morgan fingerprint density at radius 3 is 2.60 bits per heavy atom. The van der Waals surface area contributed by atoms with E-state index in [1.54, 1.807) is 7.11 Å². The van der Waals surface area contributed by atoms with Gasteiger partial charge in [0.05, 0.1) is 19.6 Å². The van der Waals surface area contributed by atoms with Crippen molar-refractivity contribution in [3.63, 3.8) is 0 Å². The van der Waals surface area contributed by atoms with Gasteiger partial charge < -0.3 is 14.2 Å². The van der Waals surface area contributed by atoms with Crippen LogP contribution in [0.1, 0.15) is 42.9 Å². The lowest BCUT2D eigenvalue weighted by atomic mass is 9.55. The summed E-state index contributed by atoms with van der Waals surface area (Å²) in [5, 5.41) is 0. The van der Waals surface area contributed by atoms with Crippen LogP contribution in [0.5, 0.6) is 11.5 Å². The van der Waals surface area contributed by atoms with Gasteiger partial charge in [-0.2, -0.15) is 0 Å². The summed E-state index contributed by atoms with van der Waals surface area (Å²) in [5.74, 6) is 1.45. The van der Waals surface area contributed by atoms with Gasteiger partial charge >= 0.3 is 5.97 Å². The molecule has 30 heavy (non-hydrogen) atoms. The van der Waals surface area contributed by atoms with Crippen LogP contribution in [0, 0.1) is 11.3 Å². The quantitative estimate of drug-likeness (QED) is 0.486. The SMILES string of the molecule is C=C[C@]12CCC[C@@](C)(C(=O)OC)[C@H]1Cc1cc(OC)c(OCc3ccccc3)cc12. The third-order valence-electron chi connectivity index (χ3n) is 7.25. The Labute approximate surface area is 178 Å². The summed E-state index contributed by atoms with van der Waals surface area (Å²) in [5.41, 5.74) is 2.74. The molecule has 0 heterocycles.